The molecule has 0 fully saturated rings. The van der Waals surface area contributed by atoms with Crippen molar-refractivity contribution in [2.45, 2.75) is 18.4 Å². The summed E-state index contributed by atoms with van der Waals surface area (Å²) < 4.78 is 27.2. The number of benzene rings is 1. The maximum absolute atomic E-state index is 12.6. The Kier molecular flexibility index (Phi) is 7.31. The molecule has 0 unspecified atom stereocenters. The lowest BCUT2D eigenvalue weighted by Crippen LogP contribution is -2.31. The zero-order valence-corrected chi connectivity index (χ0v) is 14.6. The molecule has 0 aliphatic heterocycles. The zero-order chi connectivity index (χ0) is 15.9. The van der Waals surface area contributed by atoms with Gasteiger partial charge in [0, 0.05) is 24.1 Å². The van der Waals surface area contributed by atoms with E-state index in [9.17, 15) is 8.42 Å². The maximum Gasteiger partial charge on any atom is 0.244 e. The van der Waals surface area contributed by atoms with Crippen molar-refractivity contribution in [3.05, 3.63) is 53.5 Å². The fourth-order valence-corrected chi connectivity index (χ4v) is 4.30. The highest BCUT2D eigenvalue weighted by atomic mass is 79.9. The third-order valence-electron chi connectivity index (χ3n) is 2.86. The lowest BCUT2D eigenvalue weighted by molar-refractivity contribution is 0.474. The van der Waals surface area contributed by atoms with Crippen molar-refractivity contribution in [1.82, 2.24) is 9.62 Å². The number of nitrogens with zero attached hydrogens (tertiary/aromatic N) is 1. The van der Waals surface area contributed by atoms with Crippen LogP contribution in [-0.2, 0) is 16.6 Å². The summed E-state index contributed by atoms with van der Waals surface area (Å²) in [6.07, 6.45) is 3.13. The Labute approximate surface area is 135 Å². The Hall–Kier alpha value is -0.950. The first-order chi connectivity index (χ1) is 9.97. The topological polar surface area (TPSA) is 49.4 Å². The van der Waals surface area contributed by atoms with Crippen LogP contribution < -0.4 is 5.32 Å². The molecule has 0 saturated heterocycles. The van der Waals surface area contributed by atoms with Crippen LogP contribution in [0.4, 0.5) is 0 Å². The summed E-state index contributed by atoms with van der Waals surface area (Å²) in [5.41, 5.74) is 1.03. The minimum atomic E-state index is -3.57. The van der Waals surface area contributed by atoms with Crippen LogP contribution in [0.15, 0.2) is 52.9 Å². The number of rotatable bonds is 9. The van der Waals surface area contributed by atoms with E-state index < -0.39 is 10.0 Å². The fourth-order valence-electron chi connectivity index (χ4n) is 1.83. The summed E-state index contributed by atoms with van der Waals surface area (Å²) in [5.74, 6) is 0. The molecule has 1 aromatic carbocycles. The summed E-state index contributed by atoms with van der Waals surface area (Å²) >= 11 is 3.36. The molecule has 0 spiro atoms. The molecule has 0 aromatic heterocycles. The molecular formula is C15H21BrN2O2S. The molecule has 4 nitrogen and oxygen atoms in total. The smallest absolute Gasteiger partial charge is 0.244 e. The molecular weight excluding hydrogens is 352 g/mol. The van der Waals surface area contributed by atoms with E-state index in [0.29, 0.717) is 11.0 Å². The summed E-state index contributed by atoms with van der Waals surface area (Å²) in [5, 5.41) is 3.21. The fraction of sp³-hybridized carbons (Fsp3) is 0.333. The molecule has 0 aliphatic rings. The predicted octanol–water partition coefficient (Wildman–Crippen LogP) is 2.92. The SMILES string of the molecule is C=CCN(CC=C)S(=O)(=O)c1ccc(CNCC)cc1Br. The molecule has 0 amide bonds. The van der Waals surface area contributed by atoms with Crippen LogP contribution in [-0.4, -0.2) is 32.4 Å². The zero-order valence-electron chi connectivity index (χ0n) is 12.2. The first-order valence-corrected chi connectivity index (χ1v) is 8.91. The predicted molar refractivity (Wildman–Crippen MR) is 90.7 cm³/mol. The molecule has 6 heteroatoms. The Morgan fingerprint density at radius 2 is 1.90 bits per heavy atom. The molecule has 0 saturated carbocycles. The van der Waals surface area contributed by atoms with E-state index in [1.165, 1.54) is 4.31 Å². The van der Waals surface area contributed by atoms with Gasteiger partial charge in [-0.05, 0) is 40.2 Å². The Bertz CT molecular complexity index is 590. The van der Waals surface area contributed by atoms with Gasteiger partial charge in [-0.3, -0.25) is 0 Å². The van der Waals surface area contributed by atoms with E-state index in [4.69, 9.17) is 0 Å². The van der Waals surface area contributed by atoms with Gasteiger partial charge in [0.1, 0.15) is 0 Å². The number of halogens is 1. The monoisotopic (exact) mass is 372 g/mol. The van der Waals surface area contributed by atoms with Gasteiger partial charge in [-0.1, -0.05) is 25.1 Å². The number of hydrogen-bond acceptors (Lipinski definition) is 3. The van der Waals surface area contributed by atoms with E-state index in [0.717, 1.165) is 12.1 Å². The summed E-state index contributed by atoms with van der Waals surface area (Å²) in [6, 6.07) is 5.28. The molecule has 0 aliphatic carbocycles. The molecule has 0 radical (unpaired) electrons. The second kappa shape index (κ2) is 8.48. The van der Waals surface area contributed by atoms with Gasteiger partial charge in [0.15, 0.2) is 0 Å². The Morgan fingerprint density at radius 3 is 2.38 bits per heavy atom. The molecule has 0 bridgehead atoms. The second-order valence-electron chi connectivity index (χ2n) is 4.44. The van der Waals surface area contributed by atoms with Gasteiger partial charge in [0.2, 0.25) is 10.0 Å². The molecule has 0 atom stereocenters. The van der Waals surface area contributed by atoms with Crippen molar-refractivity contribution < 1.29 is 8.42 Å². The molecule has 116 valence electrons. The first-order valence-electron chi connectivity index (χ1n) is 6.68. The van der Waals surface area contributed by atoms with Crippen LogP contribution in [0.5, 0.6) is 0 Å². The quantitative estimate of drug-likeness (QED) is 0.678. The number of sulfonamides is 1. The summed E-state index contributed by atoms with van der Waals surface area (Å²) in [6.45, 7) is 11.3. The molecule has 21 heavy (non-hydrogen) atoms. The second-order valence-corrected chi connectivity index (χ2v) is 7.21. The van der Waals surface area contributed by atoms with E-state index in [-0.39, 0.29) is 18.0 Å². The van der Waals surface area contributed by atoms with Crippen LogP contribution in [0.25, 0.3) is 0 Å². The van der Waals surface area contributed by atoms with Crippen LogP contribution in [0.2, 0.25) is 0 Å². The van der Waals surface area contributed by atoms with Gasteiger partial charge >= 0.3 is 0 Å². The first kappa shape index (κ1) is 18.1. The normalized spacial score (nSPS) is 11.6. The minimum Gasteiger partial charge on any atom is -0.313 e. The maximum atomic E-state index is 12.6. The van der Waals surface area contributed by atoms with Crippen molar-refractivity contribution >= 4 is 26.0 Å². The van der Waals surface area contributed by atoms with Gasteiger partial charge < -0.3 is 5.32 Å². The largest absolute Gasteiger partial charge is 0.313 e. The molecule has 1 rings (SSSR count). The summed E-state index contributed by atoms with van der Waals surface area (Å²) in [7, 11) is -3.57. The minimum absolute atomic E-state index is 0.250. The molecule has 1 aromatic rings. The number of hydrogen-bond donors (Lipinski definition) is 1. The van der Waals surface area contributed by atoms with Crippen LogP contribution >= 0.6 is 15.9 Å². The average molecular weight is 373 g/mol. The van der Waals surface area contributed by atoms with Gasteiger partial charge in [-0.25, -0.2) is 8.42 Å². The lowest BCUT2D eigenvalue weighted by atomic mass is 10.2. The standard InChI is InChI=1S/C15H21BrN2O2S/c1-4-9-18(10-5-2)21(19,20)15-8-7-13(11-14(15)16)12-17-6-3/h4-5,7-8,11,17H,1-2,6,9-10,12H2,3H3. The van der Waals surface area contributed by atoms with Crippen LogP contribution in [0, 0.1) is 0 Å². The van der Waals surface area contributed by atoms with Crippen molar-refractivity contribution in [2.75, 3.05) is 19.6 Å². The molecule has 0 heterocycles. The van der Waals surface area contributed by atoms with Gasteiger partial charge in [0.05, 0.1) is 4.90 Å². The van der Waals surface area contributed by atoms with Crippen molar-refractivity contribution in [1.29, 1.82) is 0 Å². The van der Waals surface area contributed by atoms with Gasteiger partial charge in [0.25, 0.3) is 0 Å². The summed E-state index contributed by atoms with van der Waals surface area (Å²) in [4.78, 5) is 0.256. The van der Waals surface area contributed by atoms with E-state index in [1.807, 2.05) is 19.1 Å². The Morgan fingerprint density at radius 1 is 1.29 bits per heavy atom. The van der Waals surface area contributed by atoms with Crippen molar-refractivity contribution in [2.24, 2.45) is 0 Å². The van der Waals surface area contributed by atoms with E-state index >= 15 is 0 Å². The molecule has 1 N–H and O–H groups in total. The third kappa shape index (κ3) is 4.78. The Balaban J connectivity index is 3.12. The van der Waals surface area contributed by atoms with E-state index in [2.05, 4.69) is 34.4 Å². The number of nitrogens with one attached hydrogen (secondary N) is 1. The van der Waals surface area contributed by atoms with Gasteiger partial charge in [-0.2, -0.15) is 4.31 Å². The highest BCUT2D eigenvalue weighted by Gasteiger charge is 2.24. The van der Waals surface area contributed by atoms with Crippen molar-refractivity contribution in [3.8, 4) is 0 Å². The highest BCUT2D eigenvalue weighted by molar-refractivity contribution is 9.10. The third-order valence-corrected chi connectivity index (χ3v) is 5.67. The van der Waals surface area contributed by atoms with Crippen LogP contribution in [0.3, 0.4) is 0 Å². The average Bonchev–Trinajstić information content (AvgIpc) is 2.44. The lowest BCUT2D eigenvalue weighted by Gasteiger charge is -2.20. The van der Waals surface area contributed by atoms with E-state index in [1.54, 1.807) is 18.2 Å². The van der Waals surface area contributed by atoms with Crippen LogP contribution in [0.1, 0.15) is 12.5 Å². The highest BCUT2D eigenvalue weighted by Crippen LogP contribution is 2.26. The van der Waals surface area contributed by atoms with Gasteiger partial charge in [-0.15, -0.1) is 13.2 Å². The van der Waals surface area contributed by atoms with Crippen molar-refractivity contribution in [3.63, 3.8) is 0 Å².